The summed E-state index contributed by atoms with van der Waals surface area (Å²) in [6, 6.07) is 0. The Bertz CT molecular complexity index is 650. The van der Waals surface area contributed by atoms with Crippen molar-refractivity contribution in [3.63, 3.8) is 0 Å². The van der Waals surface area contributed by atoms with Crippen molar-refractivity contribution in [3.8, 4) is 0 Å². The van der Waals surface area contributed by atoms with E-state index >= 15 is 0 Å². The molecule has 0 atom stereocenters. The third kappa shape index (κ3) is 6.07. The first-order valence-electron chi connectivity index (χ1n) is 9.97. The number of aromatic nitrogens is 2. The molecule has 0 radical (unpaired) electrons. The van der Waals surface area contributed by atoms with Crippen LogP contribution in [0.4, 0.5) is 0 Å². The zero-order chi connectivity index (χ0) is 19.2. The highest BCUT2D eigenvalue weighted by atomic mass is 127. The molecule has 1 saturated heterocycles. The minimum atomic E-state index is 0. The second-order valence-electron chi connectivity index (χ2n) is 7.65. The first-order valence-corrected chi connectivity index (χ1v) is 9.97. The van der Waals surface area contributed by atoms with Crippen molar-refractivity contribution < 1.29 is 4.79 Å². The molecule has 0 bridgehead atoms. The average molecular weight is 503 g/mol. The highest BCUT2D eigenvalue weighted by Crippen LogP contribution is 2.28. The molecular formula is C19H34IN7O. The summed E-state index contributed by atoms with van der Waals surface area (Å²) in [7, 11) is 5.77. The first-order chi connectivity index (χ1) is 13.1. The summed E-state index contributed by atoms with van der Waals surface area (Å²) in [6.45, 7) is 6.24. The predicted octanol–water partition coefficient (Wildman–Crippen LogP) is 0.990. The van der Waals surface area contributed by atoms with Crippen LogP contribution >= 0.6 is 24.0 Å². The van der Waals surface area contributed by atoms with Crippen molar-refractivity contribution in [2.45, 2.75) is 25.8 Å². The van der Waals surface area contributed by atoms with E-state index in [4.69, 9.17) is 0 Å². The molecule has 0 spiro atoms. The van der Waals surface area contributed by atoms with Crippen molar-refractivity contribution >= 4 is 35.8 Å². The Morgan fingerprint density at radius 1 is 1.32 bits per heavy atom. The monoisotopic (exact) mass is 503 g/mol. The van der Waals surface area contributed by atoms with Crippen LogP contribution < -0.4 is 5.32 Å². The fourth-order valence-corrected chi connectivity index (χ4v) is 3.72. The minimum absolute atomic E-state index is 0. The summed E-state index contributed by atoms with van der Waals surface area (Å²) in [5, 5.41) is 7.65. The van der Waals surface area contributed by atoms with Gasteiger partial charge in [-0.05, 0) is 12.8 Å². The van der Waals surface area contributed by atoms with Crippen molar-refractivity contribution in [2.24, 2.45) is 18.0 Å². The molecular weight excluding hydrogens is 469 g/mol. The largest absolute Gasteiger partial charge is 0.355 e. The first kappa shape index (κ1) is 22.9. The Morgan fingerprint density at radius 3 is 2.57 bits per heavy atom. The molecule has 2 aliphatic rings. The van der Waals surface area contributed by atoms with Crippen LogP contribution in [0, 0.1) is 5.92 Å². The van der Waals surface area contributed by atoms with Gasteiger partial charge in [0.25, 0.3) is 0 Å². The lowest BCUT2D eigenvalue weighted by Crippen LogP contribution is -2.52. The number of hydrogen-bond acceptors (Lipinski definition) is 4. The lowest BCUT2D eigenvalue weighted by molar-refractivity contribution is -0.139. The second kappa shape index (κ2) is 11.0. The van der Waals surface area contributed by atoms with E-state index < -0.39 is 0 Å². The number of nitrogens with zero attached hydrogens (tertiary/aromatic N) is 6. The third-order valence-corrected chi connectivity index (χ3v) is 5.60. The Kier molecular flexibility index (Phi) is 9.00. The molecule has 0 aromatic carbocycles. The number of amides is 1. The van der Waals surface area contributed by atoms with Crippen molar-refractivity contribution in [1.82, 2.24) is 29.8 Å². The van der Waals surface area contributed by atoms with E-state index in [0.717, 1.165) is 70.2 Å². The number of rotatable bonds is 6. The van der Waals surface area contributed by atoms with E-state index in [1.165, 1.54) is 6.42 Å². The molecule has 0 unspecified atom stereocenters. The normalized spacial score (nSPS) is 18.4. The fourth-order valence-electron chi connectivity index (χ4n) is 3.72. The van der Waals surface area contributed by atoms with Crippen molar-refractivity contribution in [3.05, 3.63) is 18.0 Å². The van der Waals surface area contributed by atoms with Gasteiger partial charge in [0, 0.05) is 84.6 Å². The molecule has 1 saturated carbocycles. The SMILES string of the molecule is CN=C(NCCN1CCN(C(=O)C2CCC2)CC1)N(C)Cc1cnn(C)c1.I. The molecule has 2 heterocycles. The van der Waals surface area contributed by atoms with Crippen LogP contribution in [0.15, 0.2) is 17.4 Å². The van der Waals surface area contributed by atoms with Gasteiger partial charge in [0.1, 0.15) is 0 Å². The van der Waals surface area contributed by atoms with E-state index in [1.807, 2.05) is 38.2 Å². The maximum Gasteiger partial charge on any atom is 0.225 e. The van der Waals surface area contributed by atoms with Crippen LogP contribution in [0.5, 0.6) is 0 Å². The molecule has 1 aliphatic carbocycles. The molecule has 1 N–H and O–H groups in total. The number of guanidine groups is 1. The molecule has 1 aromatic heterocycles. The smallest absolute Gasteiger partial charge is 0.225 e. The highest BCUT2D eigenvalue weighted by molar-refractivity contribution is 14.0. The van der Waals surface area contributed by atoms with Crippen LogP contribution in [0.3, 0.4) is 0 Å². The molecule has 2 fully saturated rings. The zero-order valence-corrected chi connectivity index (χ0v) is 19.6. The Morgan fingerprint density at radius 2 is 2.04 bits per heavy atom. The minimum Gasteiger partial charge on any atom is -0.355 e. The quantitative estimate of drug-likeness (QED) is 0.357. The lowest BCUT2D eigenvalue weighted by atomic mass is 9.84. The molecule has 158 valence electrons. The second-order valence-corrected chi connectivity index (χ2v) is 7.65. The molecule has 28 heavy (non-hydrogen) atoms. The standard InChI is InChI=1S/C19H33N7O.HI/c1-20-19(23(2)14-16-13-22-24(3)15-16)21-7-8-25-9-11-26(12-10-25)18(27)17-5-4-6-17;/h13,15,17H,4-12,14H2,1-3H3,(H,20,21);1H. The number of halogens is 1. The summed E-state index contributed by atoms with van der Waals surface area (Å²) in [4.78, 5) is 23.3. The third-order valence-electron chi connectivity index (χ3n) is 5.60. The van der Waals surface area contributed by atoms with E-state index in [-0.39, 0.29) is 24.0 Å². The van der Waals surface area contributed by atoms with E-state index in [2.05, 4.69) is 30.1 Å². The summed E-state index contributed by atoms with van der Waals surface area (Å²) in [5.74, 6) is 1.59. The van der Waals surface area contributed by atoms with Gasteiger partial charge in [-0.2, -0.15) is 5.10 Å². The summed E-state index contributed by atoms with van der Waals surface area (Å²) in [5.41, 5.74) is 1.16. The fraction of sp³-hybridized carbons (Fsp3) is 0.737. The van der Waals surface area contributed by atoms with E-state index in [9.17, 15) is 4.79 Å². The van der Waals surface area contributed by atoms with Crippen LogP contribution in [0.2, 0.25) is 0 Å². The highest BCUT2D eigenvalue weighted by Gasteiger charge is 2.31. The van der Waals surface area contributed by atoms with Gasteiger partial charge in [-0.1, -0.05) is 6.42 Å². The van der Waals surface area contributed by atoms with Gasteiger partial charge in [-0.25, -0.2) is 0 Å². The van der Waals surface area contributed by atoms with E-state index in [1.54, 1.807) is 0 Å². The molecule has 3 rings (SSSR count). The number of aliphatic imine (C=N–C) groups is 1. The number of carbonyl (C=O) groups excluding carboxylic acids is 1. The van der Waals surface area contributed by atoms with Crippen LogP contribution in [0.1, 0.15) is 24.8 Å². The van der Waals surface area contributed by atoms with Gasteiger partial charge in [0.2, 0.25) is 5.91 Å². The zero-order valence-electron chi connectivity index (χ0n) is 17.3. The van der Waals surface area contributed by atoms with Crippen molar-refractivity contribution in [2.75, 3.05) is 53.4 Å². The number of piperazine rings is 1. The predicted molar refractivity (Wildman–Crippen MR) is 122 cm³/mol. The molecule has 8 nitrogen and oxygen atoms in total. The van der Waals surface area contributed by atoms with Gasteiger partial charge in [0.05, 0.1) is 6.20 Å². The van der Waals surface area contributed by atoms with Gasteiger partial charge < -0.3 is 15.1 Å². The Hall–Kier alpha value is -1.36. The molecule has 1 aliphatic heterocycles. The van der Waals surface area contributed by atoms with Gasteiger partial charge in [-0.15, -0.1) is 24.0 Å². The van der Waals surface area contributed by atoms with Crippen LogP contribution in [0.25, 0.3) is 0 Å². The molecule has 9 heteroatoms. The number of nitrogens with one attached hydrogen (secondary N) is 1. The number of carbonyl (C=O) groups is 1. The number of aryl methyl sites for hydroxylation is 1. The maximum absolute atomic E-state index is 12.3. The Labute approximate surface area is 185 Å². The van der Waals surface area contributed by atoms with Gasteiger partial charge in [-0.3, -0.25) is 19.4 Å². The molecule has 1 amide bonds. The lowest BCUT2D eigenvalue weighted by Gasteiger charge is -2.38. The van der Waals surface area contributed by atoms with Crippen LogP contribution in [-0.2, 0) is 18.4 Å². The van der Waals surface area contributed by atoms with Gasteiger partial charge >= 0.3 is 0 Å². The van der Waals surface area contributed by atoms with Crippen molar-refractivity contribution in [1.29, 1.82) is 0 Å². The topological polar surface area (TPSA) is 69.0 Å². The molecule has 1 aromatic rings. The summed E-state index contributed by atoms with van der Waals surface area (Å²) >= 11 is 0. The van der Waals surface area contributed by atoms with Crippen LogP contribution in [-0.4, -0.2) is 89.7 Å². The summed E-state index contributed by atoms with van der Waals surface area (Å²) in [6.07, 6.45) is 7.31. The van der Waals surface area contributed by atoms with Gasteiger partial charge in [0.15, 0.2) is 5.96 Å². The Balaban J connectivity index is 0.00000280. The average Bonchev–Trinajstić information content (AvgIpc) is 3.02. The summed E-state index contributed by atoms with van der Waals surface area (Å²) < 4.78 is 1.81. The van der Waals surface area contributed by atoms with E-state index in [0.29, 0.717) is 11.8 Å². The maximum atomic E-state index is 12.3. The number of hydrogen-bond donors (Lipinski definition) is 1.